The molecule has 5 aromatic rings. The summed E-state index contributed by atoms with van der Waals surface area (Å²) in [4.78, 5) is 18.3. The van der Waals surface area contributed by atoms with Gasteiger partial charge in [-0.05, 0) is 145 Å². The lowest BCUT2D eigenvalue weighted by atomic mass is 9.36. The minimum atomic E-state index is -2.64. The highest BCUT2D eigenvalue weighted by molar-refractivity contribution is 6.14. The molecule has 2 aliphatic heterocycles. The number of H-pyrrole nitrogens is 1. The number of esters is 1. The Hall–Kier alpha value is -4.37. The highest BCUT2D eigenvalue weighted by Gasteiger charge is 2.85. The number of hydrogen-bond donors (Lipinski definition) is 8. The number of fused-ring (bicyclic) bond motifs is 9. The van der Waals surface area contributed by atoms with Gasteiger partial charge in [0.15, 0.2) is 17.5 Å². The SMILES string of the molecule is CNCC1CC2C3C=CC(O)C4(O)OC(C(=O)Oc5c(CO)[nH]c6ccc7cc8ccccc8cc7c56)C(OC2C25CCC6CCC7CC(CCC12O)c1cc(O)ccc1C675)C34O. The molecule has 3 heterocycles. The van der Waals surface area contributed by atoms with Crippen molar-refractivity contribution in [3.63, 3.8) is 0 Å². The molecule has 63 heavy (non-hydrogen) atoms. The molecule has 8 N–H and O–H groups in total. The van der Waals surface area contributed by atoms with E-state index in [2.05, 4.69) is 22.4 Å². The molecule has 13 rings (SSSR count). The molecule has 8 aliphatic rings. The number of nitrogens with one attached hydrogen (secondary N) is 2. The van der Waals surface area contributed by atoms with Crippen molar-refractivity contribution >= 4 is 38.4 Å². The summed E-state index contributed by atoms with van der Waals surface area (Å²) in [6, 6.07) is 21.8. The fraction of sp³-hybridized carbons (Fsp3) is 0.510. The van der Waals surface area contributed by atoms with E-state index in [0.29, 0.717) is 36.7 Å². The van der Waals surface area contributed by atoms with Crippen LogP contribution >= 0.6 is 0 Å². The van der Waals surface area contributed by atoms with Crippen molar-refractivity contribution in [3.05, 3.63) is 95.7 Å². The number of rotatable bonds is 5. The van der Waals surface area contributed by atoms with E-state index in [9.17, 15) is 30.6 Å². The maximum absolute atomic E-state index is 15.1. The first kappa shape index (κ1) is 39.0. The van der Waals surface area contributed by atoms with Crippen molar-refractivity contribution in [3.8, 4) is 11.5 Å². The van der Waals surface area contributed by atoms with Gasteiger partial charge in [0.2, 0.25) is 5.79 Å². The third-order valence-corrected chi connectivity index (χ3v) is 18.5. The number of aromatic amines is 1. The number of aliphatic hydroxyl groups is 5. The zero-order valence-electron chi connectivity index (χ0n) is 35.2. The lowest BCUT2D eigenvalue weighted by molar-refractivity contribution is -0.361. The zero-order chi connectivity index (χ0) is 43.0. The van der Waals surface area contributed by atoms with Crippen molar-refractivity contribution in [2.75, 3.05) is 13.6 Å². The molecule has 0 radical (unpaired) electrons. The molecule has 328 valence electrons. The number of phenolic OH excluding ortho intramolecular Hbond substituents is 1. The van der Waals surface area contributed by atoms with Crippen LogP contribution in [0.4, 0.5) is 0 Å². The zero-order valence-corrected chi connectivity index (χ0v) is 35.2. The van der Waals surface area contributed by atoms with Crippen LogP contribution in [-0.4, -0.2) is 96.6 Å². The van der Waals surface area contributed by atoms with Gasteiger partial charge < -0.3 is 55.2 Å². The first-order valence-corrected chi connectivity index (χ1v) is 23.1. The molecule has 15 unspecified atom stereocenters. The molecule has 2 spiro atoms. The van der Waals surface area contributed by atoms with Gasteiger partial charge in [0.1, 0.15) is 18.0 Å². The first-order chi connectivity index (χ1) is 30.4. The van der Waals surface area contributed by atoms with Crippen LogP contribution in [0.25, 0.3) is 32.4 Å². The van der Waals surface area contributed by atoms with Crippen LogP contribution in [0.1, 0.15) is 74.1 Å². The van der Waals surface area contributed by atoms with Crippen LogP contribution < -0.4 is 10.1 Å². The van der Waals surface area contributed by atoms with Crippen molar-refractivity contribution < 1.29 is 49.6 Å². The Bertz CT molecular complexity index is 2810. The van der Waals surface area contributed by atoms with Gasteiger partial charge in [0.05, 0.1) is 34.9 Å². The van der Waals surface area contributed by atoms with Gasteiger partial charge in [-0.3, -0.25) is 0 Å². The largest absolute Gasteiger partial charge is 0.508 e. The van der Waals surface area contributed by atoms with Crippen molar-refractivity contribution in [1.29, 1.82) is 0 Å². The number of carbonyl (C=O) groups excluding carboxylic acids is 1. The normalized spacial score (nSPS) is 42.7. The standard InChI is InChI=1S/C51H54N2O10/c1-52-23-31-21-35-37-11-13-40(56)51(60)50(37,59)45(43(63-51)46(57)61-42-39(24-54)53-38-12-6-27-18-25-4-2-3-5-26(25)20-34(27)41(38)42)62-44(35)47-16-15-29-7-8-30-19-28(14-17-48(31,47)58)33-22-32(55)9-10-36(33)49(29,30)47/h2-6,9-13,18,20,22,28-31,35,37,40,43-45,52-56,58-60H,7-8,14-17,19,21,23-24H2,1H3. The molecule has 4 aromatic carbocycles. The van der Waals surface area contributed by atoms with E-state index in [1.165, 1.54) is 11.6 Å². The quantitative estimate of drug-likeness (QED) is 0.0648. The number of benzene rings is 4. The maximum atomic E-state index is 15.1. The molecule has 15 atom stereocenters. The van der Waals surface area contributed by atoms with Gasteiger partial charge >= 0.3 is 5.97 Å². The summed E-state index contributed by atoms with van der Waals surface area (Å²) in [7, 11) is 1.90. The molecule has 1 aromatic heterocycles. The van der Waals surface area contributed by atoms with Crippen LogP contribution in [0, 0.1) is 35.0 Å². The molecule has 2 saturated heterocycles. The van der Waals surface area contributed by atoms with E-state index in [0.717, 1.165) is 59.2 Å². The van der Waals surface area contributed by atoms with E-state index in [1.54, 1.807) is 12.1 Å². The summed E-state index contributed by atoms with van der Waals surface area (Å²) in [5.41, 5.74) is -1.67. The Balaban J connectivity index is 0.985. The van der Waals surface area contributed by atoms with Crippen LogP contribution in [0.2, 0.25) is 0 Å². The molecule has 6 aliphatic carbocycles. The number of carbonyl (C=O) groups is 1. The van der Waals surface area contributed by atoms with E-state index in [1.807, 2.05) is 55.6 Å². The average molecular weight is 855 g/mol. The molecular formula is C51H54N2O10. The molecule has 0 amide bonds. The second kappa shape index (κ2) is 12.9. The molecule has 2 bridgehead atoms. The summed E-state index contributed by atoms with van der Waals surface area (Å²) in [5.74, 6) is -4.11. The minimum Gasteiger partial charge on any atom is -0.508 e. The van der Waals surface area contributed by atoms with Gasteiger partial charge in [-0.15, -0.1) is 0 Å². The third-order valence-electron chi connectivity index (χ3n) is 18.5. The lowest BCUT2D eigenvalue weighted by Gasteiger charge is -2.72. The van der Waals surface area contributed by atoms with E-state index < -0.39 is 76.6 Å². The van der Waals surface area contributed by atoms with Gasteiger partial charge in [-0.25, -0.2) is 4.79 Å². The fourth-order valence-corrected chi connectivity index (χ4v) is 16.5. The second-order valence-electron chi connectivity index (χ2n) is 20.5. The Morgan fingerprint density at radius 2 is 1.71 bits per heavy atom. The van der Waals surface area contributed by atoms with Gasteiger partial charge in [-0.2, -0.15) is 0 Å². The van der Waals surface area contributed by atoms with Gasteiger partial charge in [0.25, 0.3) is 0 Å². The highest BCUT2D eigenvalue weighted by atomic mass is 16.7. The lowest BCUT2D eigenvalue weighted by Crippen LogP contribution is -2.80. The molecule has 12 heteroatoms. The topological polar surface area (TPSA) is 194 Å². The first-order valence-electron chi connectivity index (χ1n) is 23.1. The predicted molar refractivity (Wildman–Crippen MR) is 232 cm³/mol. The van der Waals surface area contributed by atoms with Gasteiger partial charge in [-0.1, -0.05) is 48.6 Å². The number of ether oxygens (including phenoxy) is 3. The van der Waals surface area contributed by atoms with E-state index in [-0.39, 0.29) is 40.9 Å². The van der Waals surface area contributed by atoms with Crippen LogP contribution in [-0.2, 0) is 26.3 Å². The smallest absolute Gasteiger partial charge is 0.343 e. The van der Waals surface area contributed by atoms with Crippen LogP contribution in [0.15, 0.2) is 78.9 Å². The number of phenols is 1. The Labute approximate surface area is 363 Å². The van der Waals surface area contributed by atoms with Crippen molar-refractivity contribution in [2.24, 2.45) is 35.0 Å². The molecular weight excluding hydrogens is 801 g/mol. The summed E-state index contributed by atoms with van der Waals surface area (Å²) in [5, 5.41) is 80.8. The Kier molecular flexibility index (Phi) is 8.00. The van der Waals surface area contributed by atoms with Gasteiger partial charge in [0, 0.05) is 29.2 Å². The number of hydrogen-bond acceptors (Lipinski definition) is 11. The maximum Gasteiger partial charge on any atom is 0.343 e. The Morgan fingerprint density at radius 1 is 0.905 bits per heavy atom. The number of aromatic nitrogens is 1. The van der Waals surface area contributed by atoms with Crippen molar-refractivity contribution in [2.45, 2.75) is 111 Å². The van der Waals surface area contributed by atoms with Crippen LogP contribution in [0.5, 0.6) is 11.5 Å². The van der Waals surface area contributed by atoms with Crippen molar-refractivity contribution in [1.82, 2.24) is 10.3 Å². The second-order valence-corrected chi connectivity index (χ2v) is 20.5. The summed E-state index contributed by atoms with van der Waals surface area (Å²) in [6.45, 7) is 0.0540. The average Bonchev–Trinajstić information content (AvgIpc) is 3.99. The summed E-state index contributed by atoms with van der Waals surface area (Å²) in [6.07, 6.45) is 3.85. The summed E-state index contributed by atoms with van der Waals surface area (Å²) >= 11 is 0. The van der Waals surface area contributed by atoms with E-state index in [4.69, 9.17) is 14.2 Å². The number of aliphatic hydroxyl groups excluding tert-OH is 2. The highest BCUT2D eigenvalue weighted by Crippen LogP contribution is 2.80. The predicted octanol–water partition coefficient (Wildman–Crippen LogP) is 5.32. The minimum absolute atomic E-state index is 0.100. The fourth-order valence-electron chi connectivity index (χ4n) is 16.5. The third kappa shape index (κ3) is 4.48. The van der Waals surface area contributed by atoms with Crippen LogP contribution in [0.3, 0.4) is 0 Å². The monoisotopic (exact) mass is 854 g/mol. The van der Waals surface area contributed by atoms with E-state index >= 15 is 4.79 Å². The molecule has 12 nitrogen and oxygen atoms in total. The number of aromatic hydroxyl groups is 1. The molecule has 6 fully saturated rings. The summed E-state index contributed by atoms with van der Waals surface area (Å²) < 4.78 is 20.2. The Morgan fingerprint density at radius 3 is 2.52 bits per heavy atom. The molecule has 4 saturated carbocycles.